The number of carbonyl (C=O) groups is 3. The van der Waals surface area contributed by atoms with Crippen molar-refractivity contribution in [1.29, 1.82) is 0 Å². The molecule has 106 valence electrons. The second-order valence-corrected chi connectivity index (χ2v) is 3.88. The number of hydrogen-bond donors (Lipinski definition) is 3. The number of anilines is 1. The maximum absolute atomic E-state index is 11.0. The van der Waals surface area contributed by atoms with E-state index in [2.05, 4.69) is 4.98 Å². The summed E-state index contributed by atoms with van der Waals surface area (Å²) in [5.41, 5.74) is 10.6. The summed E-state index contributed by atoms with van der Waals surface area (Å²) >= 11 is 0. The van der Waals surface area contributed by atoms with E-state index in [-0.39, 0.29) is 18.9 Å². The molecule has 0 atom stereocenters. The second-order valence-electron chi connectivity index (χ2n) is 3.88. The zero-order valence-corrected chi connectivity index (χ0v) is 10.5. The highest BCUT2D eigenvalue weighted by molar-refractivity contribution is 5.88. The van der Waals surface area contributed by atoms with E-state index in [4.69, 9.17) is 16.6 Å². The Balaban J connectivity index is 3.14. The van der Waals surface area contributed by atoms with Crippen molar-refractivity contribution in [3.63, 3.8) is 0 Å². The number of carboxylic acids is 1. The van der Waals surface area contributed by atoms with Crippen molar-refractivity contribution in [2.45, 2.75) is 0 Å². The number of hydrogen-bond acceptors (Lipinski definition) is 5. The lowest BCUT2D eigenvalue weighted by atomic mass is 10.2. The Bertz CT molecular complexity index is 540. The molecule has 0 bridgehead atoms. The van der Waals surface area contributed by atoms with Crippen LogP contribution in [0.5, 0.6) is 0 Å². The van der Waals surface area contributed by atoms with Gasteiger partial charge in [-0.15, -0.1) is 0 Å². The predicted molar refractivity (Wildman–Crippen MR) is 71.5 cm³/mol. The summed E-state index contributed by atoms with van der Waals surface area (Å²) in [4.78, 5) is 37.9. The van der Waals surface area contributed by atoms with E-state index in [0.717, 1.165) is 6.08 Å². The Hall–Kier alpha value is -2.90. The van der Waals surface area contributed by atoms with Gasteiger partial charge in [-0.25, -0.2) is 9.78 Å². The van der Waals surface area contributed by atoms with Crippen LogP contribution in [0, 0.1) is 0 Å². The molecule has 1 heterocycles. The van der Waals surface area contributed by atoms with Crippen molar-refractivity contribution in [2.75, 3.05) is 18.0 Å². The lowest BCUT2D eigenvalue weighted by Crippen LogP contribution is -2.40. The van der Waals surface area contributed by atoms with Gasteiger partial charge in [0.1, 0.15) is 5.82 Å². The molecule has 8 nitrogen and oxygen atoms in total. The lowest BCUT2D eigenvalue weighted by molar-refractivity contribution is -0.131. The van der Waals surface area contributed by atoms with Crippen LogP contribution in [0.1, 0.15) is 5.56 Å². The number of carboxylic acid groups (broad SMARTS) is 1. The number of primary amides is 2. The maximum Gasteiger partial charge on any atom is 0.328 e. The molecule has 0 saturated heterocycles. The third-order valence-corrected chi connectivity index (χ3v) is 2.22. The highest BCUT2D eigenvalue weighted by atomic mass is 16.4. The molecular formula is C12H14N4O4. The average molecular weight is 278 g/mol. The van der Waals surface area contributed by atoms with E-state index in [1.54, 1.807) is 12.1 Å². The first kappa shape index (κ1) is 15.2. The van der Waals surface area contributed by atoms with Crippen molar-refractivity contribution in [3.8, 4) is 0 Å². The van der Waals surface area contributed by atoms with Crippen LogP contribution in [0.3, 0.4) is 0 Å². The van der Waals surface area contributed by atoms with Gasteiger partial charge in [0, 0.05) is 17.8 Å². The van der Waals surface area contributed by atoms with E-state index in [1.165, 1.54) is 17.2 Å². The molecule has 20 heavy (non-hydrogen) atoms. The van der Waals surface area contributed by atoms with Gasteiger partial charge < -0.3 is 21.5 Å². The standard InChI is InChI=1S/C12H14N4O4/c13-9(17)6-16(7-10(14)18)12-8(2-1-5-15-12)3-4-11(19)20/h1-5H,6-7H2,(H2,13,17)(H2,14,18)(H,19,20)/b4-3+. The van der Waals surface area contributed by atoms with E-state index >= 15 is 0 Å². The molecular weight excluding hydrogens is 264 g/mol. The molecule has 0 saturated carbocycles. The number of nitrogens with two attached hydrogens (primary N) is 2. The number of amides is 2. The van der Waals surface area contributed by atoms with Gasteiger partial charge in [-0.2, -0.15) is 0 Å². The fraction of sp³-hybridized carbons (Fsp3) is 0.167. The van der Waals surface area contributed by atoms with Crippen molar-refractivity contribution in [3.05, 3.63) is 30.0 Å². The SMILES string of the molecule is NC(=O)CN(CC(N)=O)c1ncccc1/C=C/C(=O)O. The molecule has 1 rings (SSSR count). The summed E-state index contributed by atoms with van der Waals surface area (Å²) in [7, 11) is 0. The Labute approximate surface area is 114 Å². The summed E-state index contributed by atoms with van der Waals surface area (Å²) in [5.74, 6) is -2.20. The Morgan fingerprint density at radius 2 is 1.85 bits per heavy atom. The molecule has 1 aromatic heterocycles. The first-order valence-electron chi connectivity index (χ1n) is 5.57. The van der Waals surface area contributed by atoms with Crippen molar-refractivity contribution >= 4 is 29.7 Å². The van der Waals surface area contributed by atoms with Gasteiger partial charge in [0.15, 0.2) is 0 Å². The summed E-state index contributed by atoms with van der Waals surface area (Å²) in [6.45, 7) is -0.512. The van der Waals surface area contributed by atoms with Crippen molar-refractivity contribution in [2.24, 2.45) is 11.5 Å². The minimum absolute atomic E-state index is 0.252. The Morgan fingerprint density at radius 3 is 2.35 bits per heavy atom. The van der Waals surface area contributed by atoms with E-state index in [1.807, 2.05) is 0 Å². The monoisotopic (exact) mass is 278 g/mol. The Kier molecular flexibility index (Phi) is 5.21. The fourth-order valence-electron chi connectivity index (χ4n) is 1.55. The van der Waals surface area contributed by atoms with Crippen LogP contribution in [0.2, 0.25) is 0 Å². The molecule has 5 N–H and O–H groups in total. The lowest BCUT2D eigenvalue weighted by Gasteiger charge is -2.22. The summed E-state index contributed by atoms with van der Waals surface area (Å²) in [5, 5.41) is 8.63. The van der Waals surface area contributed by atoms with Crippen LogP contribution in [0.15, 0.2) is 24.4 Å². The largest absolute Gasteiger partial charge is 0.478 e. The molecule has 0 aliphatic rings. The van der Waals surface area contributed by atoms with Gasteiger partial charge in [-0.05, 0) is 18.2 Å². The van der Waals surface area contributed by atoms with Crippen LogP contribution in [0.25, 0.3) is 6.08 Å². The highest BCUT2D eigenvalue weighted by Crippen LogP contribution is 2.18. The predicted octanol–water partition coefficient (Wildman–Crippen LogP) is -1.04. The summed E-state index contributed by atoms with van der Waals surface area (Å²) in [6, 6.07) is 3.19. The first-order valence-corrected chi connectivity index (χ1v) is 5.57. The van der Waals surface area contributed by atoms with Crippen LogP contribution in [0.4, 0.5) is 5.82 Å². The third kappa shape index (κ3) is 4.77. The van der Waals surface area contributed by atoms with Crippen LogP contribution >= 0.6 is 0 Å². The van der Waals surface area contributed by atoms with Crippen LogP contribution < -0.4 is 16.4 Å². The number of aliphatic carboxylic acids is 1. The number of pyridine rings is 1. The van der Waals surface area contributed by atoms with E-state index in [0.29, 0.717) is 5.56 Å². The molecule has 0 aromatic carbocycles. The topological polar surface area (TPSA) is 140 Å². The molecule has 0 unspecified atom stereocenters. The quantitative estimate of drug-likeness (QED) is 0.544. The number of rotatable bonds is 7. The molecule has 8 heteroatoms. The zero-order valence-electron chi connectivity index (χ0n) is 10.5. The molecule has 1 aromatic rings. The van der Waals surface area contributed by atoms with Crippen LogP contribution in [-0.4, -0.2) is 41.0 Å². The second kappa shape index (κ2) is 6.88. The van der Waals surface area contributed by atoms with Crippen molar-refractivity contribution in [1.82, 2.24) is 4.98 Å². The Morgan fingerprint density at radius 1 is 1.25 bits per heavy atom. The molecule has 2 amide bonds. The van der Waals surface area contributed by atoms with Crippen LogP contribution in [-0.2, 0) is 14.4 Å². The summed E-state index contributed by atoms with van der Waals surface area (Å²) in [6.07, 6.45) is 3.68. The van der Waals surface area contributed by atoms with Gasteiger partial charge in [0.05, 0.1) is 13.1 Å². The zero-order chi connectivity index (χ0) is 15.1. The van der Waals surface area contributed by atoms with Crippen molar-refractivity contribution < 1.29 is 19.5 Å². The normalized spacial score (nSPS) is 10.4. The maximum atomic E-state index is 11.0. The first-order chi connectivity index (χ1) is 9.40. The fourth-order valence-corrected chi connectivity index (χ4v) is 1.55. The third-order valence-electron chi connectivity index (χ3n) is 2.22. The van der Waals surface area contributed by atoms with Gasteiger partial charge >= 0.3 is 5.97 Å². The van der Waals surface area contributed by atoms with E-state index in [9.17, 15) is 14.4 Å². The molecule has 0 radical (unpaired) electrons. The van der Waals surface area contributed by atoms with E-state index < -0.39 is 17.8 Å². The molecule has 0 fully saturated rings. The molecule has 0 aliphatic carbocycles. The molecule has 0 aliphatic heterocycles. The smallest absolute Gasteiger partial charge is 0.328 e. The van der Waals surface area contributed by atoms with Gasteiger partial charge in [-0.1, -0.05) is 0 Å². The minimum Gasteiger partial charge on any atom is -0.478 e. The van der Waals surface area contributed by atoms with Gasteiger partial charge in [0.25, 0.3) is 0 Å². The average Bonchev–Trinajstić information content (AvgIpc) is 2.34. The molecule has 0 spiro atoms. The summed E-state index contributed by atoms with van der Waals surface area (Å²) < 4.78 is 0. The minimum atomic E-state index is -1.13. The number of aromatic nitrogens is 1. The number of carbonyl (C=O) groups excluding carboxylic acids is 2. The van der Waals surface area contributed by atoms with Gasteiger partial charge in [0.2, 0.25) is 11.8 Å². The highest BCUT2D eigenvalue weighted by Gasteiger charge is 2.15. The van der Waals surface area contributed by atoms with Gasteiger partial charge in [-0.3, -0.25) is 9.59 Å². The number of nitrogens with zero attached hydrogens (tertiary/aromatic N) is 2.